The third kappa shape index (κ3) is 6.17. The van der Waals surface area contributed by atoms with Crippen LogP contribution < -0.4 is 4.74 Å². The van der Waals surface area contributed by atoms with Gasteiger partial charge in [-0.15, -0.1) is 0 Å². The standard InChI is InChI=1S/C20H23ClN2O3/c1-22(2)10-11-23(13-16-6-5-8-18(21)12-16)20(25)15-26-19-9-4-3-7-17(19)14-24/h3-9,12,14H,10-11,13,15H2,1-2H3. The number of halogens is 1. The van der Waals surface area contributed by atoms with Crippen LogP contribution in [0.4, 0.5) is 0 Å². The van der Waals surface area contributed by atoms with Gasteiger partial charge in [0.15, 0.2) is 12.9 Å². The third-order valence-electron chi connectivity index (χ3n) is 3.83. The molecule has 0 atom stereocenters. The van der Waals surface area contributed by atoms with Gasteiger partial charge in [-0.2, -0.15) is 0 Å². The van der Waals surface area contributed by atoms with Crippen LogP contribution in [0.25, 0.3) is 0 Å². The molecule has 0 N–H and O–H groups in total. The van der Waals surface area contributed by atoms with Crippen LogP contribution in [0.1, 0.15) is 15.9 Å². The largest absolute Gasteiger partial charge is 0.483 e. The highest BCUT2D eigenvalue weighted by Gasteiger charge is 2.16. The minimum Gasteiger partial charge on any atom is -0.483 e. The number of nitrogens with zero attached hydrogens (tertiary/aromatic N) is 2. The van der Waals surface area contributed by atoms with Crippen molar-refractivity contribution in [2.24, 2.45) is 0 Å². The Morgan fingerprint density at radius 2 is 1.88 bits per heavy atom. The molecule has 0 saturated heterocycles. The molecule has 138 valence electrons. The van der Waals surface area contributed by atoms with Gasteiger partial charge < -0.3 is 14.5 Å². The number of benzene rings is 2. The van der Waals surface area contributed by atoms with Gasteiger partial charge in [-0.25, -0.2) is 0 Å². The van der Waals surface area contributed by atoms with Gasteiger partial charge in [-0.3, -0.25) is 9.59 Å². The van der Waals surface area contributed by atoms with Crippen molar-refractivity contribution in [3.8, 4) is 5.75 Å². The monoisotopic (exact) mass is 374 g/mol. The van der Waals surface area contributed by atoms with Gasteiger partial charge in [0.25, 0.3) is 5.91 Å². The summed E-state index contributed by atoms with van der Waals surface area (Å²) in [5, 5.41) is 0.638. The first-order chi connectivity index (χ1) is 12.5. The van der Waals surface area contributed by atoms with Crippen molar-refractivity contribution in [1.82, 2.24) is 9.80 Å². The summed E-state index contributed by atoms with van der Waals surface area (Å²) in [4.78, 5) is 27.5. The van der Waals surface area contributed by atoms with Gasteiger partial charge >= 0.3 is 0 Å². The van der Waals surface area contributed by atoms with Crippen LogP contribution in [0, 0.1) is 0 Å². The Kier molecular flexibility index (Phi) is 7.63. The Bertz CT molecular complexity index is 749. The molecule has 0 heterocycles. The molecule has 0 spiro atoms. The zero-order valence-electron chi connectivity index (χ0n) is 15.0. The molecule has 2 aromatic carbocycles. The molecule has 2 rings (SSSR count). The van der Waals surface area contributed by atoms with Crippen molar-refractivity contribution in [1.29, 1.82) is 0 Å². The van der Waals surface area contributed by atoms with Crippen LogP contribution in [0.5, 0.6) is 5.75 Å². The Morgan fingerprint density at radius 1 is 1.12 bits per heavy atom. The number of amides is 1. The molecule has 6 heteroatoms. The van der Waals surface area contributed by atoms with Gasteiger partial charge in [0.2, 0.25) is 0 Å². The number of hydrogen-bond acceptors (Lipinski definition) is 4. The number of para-hydroxylation sites is 1. The van der Waals surface area contributed by atoms with Crippen LogP contribution in [-0.4, -0.2) is 55.8 Å². The van der Waals surface area contributed by atoms with E-state index in [-0.39, 0.29) is 12.5 Å². The van der Waals surface area contributed by atoms with Gasteiger partial charge in [0.1, 0.15) is 5.75 Å². The summed E-state index contributed by atoms with van der Waals surface area (Å²) in [5.41, 5.74) is 1.38. The SMILES string of the molecule is CN(C)CCN(Cc1cccc(Cl)c1)C(=O)COc1ccccc1C=O. The van der Waals surface area contributed by atoms with Crippen LogP contribution in [-0.2, 0) is 11.3 Å². The number of carbonyl (C=O) groups excluding carboxylic acids is 2. The van der Waals surface area contributed by atoms with E-state index in [0.717, 1.165) is 18.4 Å². The highest BCUT2D eigenvalue weighted by atomic mass is 35.5. The molecule has 0 aliphatic rings. The number of rotatable bonds is 9. The van der Waals surface area contributed by atoms with Gasteiger partial charge in [-0.1, -0.05) is 35.9 Å². The summed E-state index contributed by atoms with van der Waals surface area (Å²) in [6, 6.07) is 14.3. The van der Waals surface area contributed by atoms with E-state index in [4.69, 9.17) is 16.3 Å². The summed E-state index contributed by atoms with van der Waals surface area (Å²) >= 11 is 6.04. The summed E-state index contributed by atoms with van der Waals surface area (Å²) < 4.78 is 5.58. The lowest BCUT2D eigenvalue weighted by molar-refractivity contribution is -0.134. The molecule has 1 amide bonds. The van der Waals surface area contributed by atoms with Crippen molar-refractivity contribution >= 4 is 23.8 Å². The molecular weight excluding hydrogens is 352 g/mol. The van der Waals surface area contributed by atoms with E-state index < -0.39 is 0 Å². The maximum absolute atomic E-state index is 12.7. The maximum Gasteiger partial charge on any atom is 0.260 e. The summed E-state index contributed by atoms with van der Waals surface area (Å²) in [6.45, 7) is 1.62. The van der Waals surface area contributed by atoms with Crippen LogP contribution in [0.2, 0.25) is 5.02 Å². The lowest BCUT2D eigenvalue weighted by atomic mass is 10.2. The first-order valence-electron chi connectivity index (χ1n) is 8.33. The fourth-order valence-corrected chi connectivity index (χ4v) is 2.62. The number of hydrogen-bond donors (Lipinski definition) is 0. The van der Waals surface area contributed by atoms with Gasteiger partial charge in [-0.05, 0) is 43.9 Å². The Hall–Kier alpha value is -2.37. The zero-order chi connectivity index (χ0) is 18.9. The van der Waals surface area contributed by atoms with E-state index in [2.05, 4.69) is 0 Å². The molecule has 0 fully saturated rings. The lowest BCUT2D eigenvalue weighted by Gasteiger charge is -2.25. The van der Waals surface area contributed by atoms with Crippen molar-refractivity contribution in [2.45, 2.75) is 6.54 Å². The lowest BCUT2D eigenvalue weighted by Crippen LogP contribution is -2.39. The zero-order valence-corrected chi connectivity index (χ0v) is 15.8. The number of carbonyl (C=O) groups is 2. The average molecular weight is 375 g/mol. The highest BCUT2D eigenvalue weighted by molar-refractivity contribution is 6.30. The third-order valence-corrected chi connectivity index (χ3v) is 4.06. The molecular formula is C20H23ClN2O3. The van der Waals surface area contributed by atoms with Crippen molar-refractivity contribution in [3.05, 3.63) is 64.7 Å². The normalized spacial score (nSPS) is 10.6. The molecule has 5 nitrogen and oxygen atoms in total. The van der Waals surface area contributed by atoms with E-state index in [1.165, 1.54) is 0 Å². The summed E-state index contributed by atoms with van der Waals surface area (Å²) in [6.07, 6.45) is 0.718. The van der Waals surface area contributed by atoms with E-state index in [1.54, 1.807) is 35.2 Å². The van der Waals surface area contributed by atoms with Crippen LogP contribution >= 0.6 is 11.6 Å². The second-order valence-electron chi connectivity index (χ2n) is 6.19. The van der Waals surface area contributed by atoms with Crippen molar-refractivity contribution < 1.29 is 14.3 Å². The topological polar surface area (TPSA) is 49.9 Å². The van der Waals surface area contributed by atoms with E-state index in [0.29, 0.717) is 29.4 Å². The molecule has 0 unspecified atom stereocenters. The predicted octanol–water partition coefficient (Wildman–Crippen LogP) is 3.12. The second-order valence-corrected chi connectivity index (χ2v) is 6.63. The smallest absolute Gasteiger partial charge is 0.260 e. The number of ether oxygens (including phenoxy) is 1. The quantitative estimate of drug-likeness (QED) is 0.633. The Balaban J connectivity index is 2.05. The first kappa shape index (κ1) is 19.9. The average Bonchev–Trinajstić information content (AvgIpc) is 2.63. The fraction of sp³-hybridized carbons (Fsp3) is 0.300. The minimum atomic E-state index is -0.146. The van der Waals surface area contributed by atoms with Crippen molar-refractivity contribution in [2.75, 3.05) is 33.8 Å². The molecule has 2 aromatic rings. The fourth-order valence-electron chi connectivity index (χ4n) is 2.41. The molecule has 0 saturated carbocycles. The summed E-state index contributed by atoms with van der Waals surface area (Å²) in [7, 11) is 3.91. The minimum absolute atomic E-state index is 0.126. The van der Waals surface area contributed by atoms with Gasteiger partial charge in [0.05, 0.1) is 5.56 Å². The van der Waals surface area contributed by atoms with Crippen LogP contribution in [0.3, 0.4) is 0 Å². The Morgan fingerprint density at radius 3 is 2.58 bits per heavy atom. The maximum atomic E-state index is 12.7. The molecule has 0 radical (unpaired) electrons. The van der Waals surface area contributed by atoms with Gasteiger partial charge in [0, 0.05) is 24.7 Å². The van der Waals surface area contributed by atoms with E-state index >= 15 is 0 Å². The second kappa shape index (κ2) is 9.94. The predicted molar refractivity (Wildman–Crippen MR) is 103 cm³/mol. The van der Waals surface area contributed by atoms with E-state index in [1.807, 2.05) is 37.2 Å². The molecule has 0 bridgehead atoms. The van der Waals surface area contributed by atoms with Crippen molar-refractivity contribution in [3.63, 3.8) is 0 Å². The Labute approximate surface area is 159 Å². The highest BCUT2D eigenvalue weighted by Crippen LogP contribution is 2.16. The first-order valence-corrected chi connectivity index (χ1v) is 8.71. The van der Waals surface area contributed by atoms with Crippen LogP contribution in [0.15, 0.2) is 48.5 Å². The molecule has 26 heavy (non-hydrogen) atoms. The number of likely N-dealkylation sites (N-methyl/N-ethyl adjacent to an activating group) is 1. The molecule has 0 aliphatic heterocycles. The molecule has 0 aliphatic carbocycles. The van der Waals surface area contributed by atoms with E-state index in [9.17, 15) is 9.59 Å². The summed E-state index contributed by atoms with van der Waals surface area (Å²) in [5.74, 6) is 0.263. The number of aldehydes is 1. The molecule has 0 aromatic heterocycles.